The van der Waals surface area contributed by atoms with Crippen LogP contribution in [0.25, 0.3) is 0 Å². The van der Waals surface area contributed by atoms with Gasteiger partial charge in [-0.2, -0.15) is 17.0 Å². The second kappa shape index (κ2) is 6.23. The van der Waals surface area contributed by atoms with Crippen LogP contribution < -0.4 is 0 Å². The largest absolute Gasteiger partial charge is 0.243 e. The monoisotopic (exact) mass is 284 g/mol. The number of hydrogen-bond donors (Lipinski definition) is 0. The van der Waals surface area contributed by atoms with Crippen molar-refractivity contribution >= 4 is 21.8 Å². The fourth-order valence-corrected chi connectivity index (χ4v) is 3.46. The van der Waals surface area contributed by atoms with Crippen molar-refractivity contribution in [2.24, 2.45) is 0 Å². The maximum atomic E-state index is 12.3. The van der Waals surface area contributed by atoms with Gasteiger partial charge in [0.1, 0.15) is 0 Å². The summed E-state index contributed by atoms with van der Waals surface area (Å²) in [6.07, 6.45) is 1.94. The maximum absolute atomic E-state index is 12.3. The van der Waals surface area contributed by atoms with Crippen LogP contribution in [0.15, 0.2) is 23.1 Å². The van der Waals surface area contributed by atoms with E-state index >= 15 is 0 Å². The van der Waals surface area contributed by atoms with Gasteiger partial charge in [0.25, 0.3) is 0 Å². The van der Waals surface area contributed by atoms with Crippen molar-refractivity contribution in [1.82, 2.24) is 4.31 Å². The topological polar surface area (TPSA) is 61.2 Å². The molecule has 1 aromatic carbocycles. The second-order valence-corrected chi connectivity index (χ2v) is 6.91. The molecule has 0 bridgehead atoms. The molecular formula is C12H16N2O2S2. The van der Waals surface area contributed by atoms with Crippen LogP contribution in [-0.4, -0.2) is 38.3 Å². The van der Waals surface area contributed by atoms with E-state index in [-0.39, 0.29) is 4.90 Å². The molecule has 0 unspecified atom stereocenters. The molecule has 98 valence electrons. The summed E-state index contributed by atoms with van der Waals surface area (Å²) in [7, 11) is -1.88. The van der Waals surface area contributed by atoms with Crippen molar-refractivity contribution in [3.05, 3.63) is 29.3 Å². The summed E-state index contributed by atoms with van der Waals surface area (Å²) >= 11 is 1.60. The van der Waals surface area contributed by atoms with Crippen LogP contribution in [0.1, 0.15) is 11.1 Å². The summed E-state index contributed by atoms with van der Waals surface area (Å²) in [4.78, 5) is 0.269. The molecule has 0 aliphatic carbocycles. The standard InChI is InChI=1S/C12H16N2O2S2/c1-10-8-11(9-13)4-5-12(10)18(15,16)14(2)6-7-17-3/h4-5,8H,6-7H2,1-3H3. The fourth-order valence-electron chi connectivity index (χ4n) is 1.52. The molecular weight excluding hydrogens is 268 g/mol. The van der Waals surface area contributed by atoms with Crippen molar-refractivity contribution < 1.29 is 8.42 Å². The Labute approximate surface area is 113 Å². The third-order valence-electron chi connectivity index (χ3n) is 2.60. The van der Waals surface area contributed by atoms with Crippen LogP contribution in [-0.2, 0) is 10.0 Å². The van der Waals surface area contributed by atoms with Crippen LogP contribution in [0.4, 0.5) is 0 Å². The van der Waals surface area contributed by atoms with E-state index in [1.807, 2.05) is 12.3 Å². The Morgan fingerprint density at radius 2 is 2.11 bits per heavy atom. The molecule has 1 aromatic rings. The van der Waals surface area contributed by atoms with Crippen LogP contribution >= 0.6 is 11.8 Å². The third-order valence-corrected chi connectivity index (χ3v) is 5.21. The third kappa shape index (κ3) is 3.25. The molecule has 0 radical (unpaired) electrons. The number of aryl methyl sites for hydroxylation is 1. The van der Waals surface area contributed by atoms with Crippen LogP contribution in [0, 0.1) is 18.3 Å². The molecule has 0 aliphatic rings. The van der Waals surface area contributed by atoms with Gasteiger partial charge in [0.15, 0.2) is 0 Å². The van der Waals surface area contributed by atoms with E-state index in [9.17, 15) is 8.42 Å². The van der Waals surface area contributed by atoms with Gasteiger partial charge in [-0.1, -0.05) is 0 Å². The van der Waals surface area contributed by atoms with Gasteiger partial charge in [-0.15, -0.1) is 0 Å². The summed E-state index contributed by atoms with van der Waals surface area (Å²) in [5, 5.41) is 8.77. The minimum atomic E-state index is -3.46. The Bertz CT molecular complexity index is 562. The highest BCUT2D eigenvalue weighted by Gasteiger charge is 2.22. The number of sulfonamides is 1. The molecule has 0 heterocycles. The first-order chi connectivity index (χ1) is 8.43. The second-order valence-electron chi connectivity index (χ2n) is 3.91. The lowest BCUT2D eigenvalue weighted by Gasteiger charge is -2.18. The van der Waals surface area contributed by atoms with Crippen molar-refractivity contribution in [3.8, 4) is 6.07 Å². The van der Waals surface area contributed by atoms with Crippen molar-refractivity contribution in [2.45, 2.75) is 11.8 Å². The van der Waals surface area contributed by atoms with E-state index in [0.717, 1.165) is 5.75 Å². The zero-order valence-corrected chi connectivity index (χ0v) is 12.3. The number of nitriles is 1. The number of benzene rings is 1. The average molecular weight is 284 g/mol. The molecule has 0 aromatic heterocycles. The van der Waals surface area contributed by atoms with Crippen LogP contribution in [0.2, 0.25) is 0 Å². The van der Waals surface area contributed by atoms with Crippen LogP contribution in [0.3, 0.4) is 0 Å². The predicted octanol–water partition coefficient (Wildman–Crippen LogP) is 1.85. The van der Waals surface area contributed by atoms with Gasteiger partial charge in [0.2, 0.25) is 10.0 Å². The molecule has 6 heteroatoms. The highest BCUT2D eigenvalue weighted by atomic mass is 32.2. The maximum Gasteiger partial charge on any atom is 0.243 e. The Hall–Kier alpha value is -1.03. The lowest BCUT2D eigenvalue weighted by molar-refractivity contribution is 0.488. The Kier molecular flexibility index (Phi) is 5.20. The first kappa shape index (κ1) is 15.0. The lowest BCUT2D eigenvalue weighted by atomic mass is 10.2. The summed E-state index contributed by atoms with van der Waals surface area (Å²) < 4.78 is 25.9. The van der Waals surface area contributed by atoms with Gasteiger partial charge in [0.05, 0.1) is 16.5 Å². The Morgan fingerprint density at radius 1 is 1.44 bits per heavy atom. The molecule has 0 aliphatic heterocycles. The molecule has 0 atom stereocenters. The van der Waals surface area contributed by atoms with Gasteiger partial charge >= 0.3 is 0 Å². The zero-order valence-electron chi connectivity index (χ0n) is 10.7. The number of hydrogen-bond acceptors (Lipinski definition) is 4. The summed E-state index contributed by atoms with van der Waals surface area (Å²) in [5.41, 5.74) is 1.07. The lowest BCUT2D eigenvalue weighted by Crippen LogP contribution is -2.29. The SMILES string of the molecule is CSCCN(C)S(=O)(=O)c1ccc(C#N)cc1C. The number of thioether (sulfide) groups is 1. The highest BCUT2D eigenvalue weighted by molar-refractivity contribution is 7.98. The predicted molar refractivity (Wildman–Crippen MR) is 74.1 cm³/mol. The summed E-state index contributed by atoms with van der Waals surface area (Å²) in [5.74, 6) is 0.755. The van der Waals surface area contributed by atoms with Crippen molar-refractivity contribution in [2.75, 3.05) is 25.6 Å². The van der Waals surface area contributed by atoms with Gasteiger partial charge < -0.3 is 0 Å². The van der Waals surface area contributed by atoms with E-state index in [4.69, 9.17) is 5.26 Å². The van der Waals surface area contributed by atoms with Gasteiger partial charge in [0, 0.05) is 19.3 Å². The Morgan fingerprint density at radius 3 is 2.61 bits per heavy atom. The van der Waals surface area contributed by atoms with Gasteiger partial charge in [-0.25, -0.2) is 12.7 Å². The van der Waals surface area contributed by atoms with Gasteiger partial charge in [-0.3, -0.25) is 0 Å². The first-order valence-electron chi connectivity index (χ1n) is 5.39. The van der Waals surface area contributed by atoms with E-state index < -0.39 is 10.0 Å². The van der Waals surface area contributed by atoms with E-state index in [1.165, 1.54) is 16.4 Å². The molecule has 1 rings (SSSR count). The number of rotatable bonds is 5. The average Bonchev–Trinajstić information content (AvgIpc) is 2.35. The van der Waals surface area contributed by atoms with Crippen molar-refractivity contribution in [1.29, 1.82) is 5.26 Å². The molecule has 0 fully saturated rings. The smallest absolute Gasteiger partial charge is 0.207 e. The highest BCUT2D eigenvalue weighted by Crippen LogP contribution is 2.20. The van der Waals surface area contributed by atoms with Crippen LogP contribution in [0.5, 0.6) is 0 Å². The molecule has 0 saturated carbocycles. The number of nitrogens with zero attached hydrogens (tertiary/aromatic N) is 2. The first-order valence-corrected chi connectivity index (χ1v) is 8.23. The minimum absolute atomic E-state index is 0.269. The molecule has 0 spiro atoms. The normalized spacial score (nSPS) is 11.5. The minimum Gasteiger partial charge on any atom is -0.207 e. The zero-order chi connectivity index (χ0) is 13.8. The molecule has 18 heavy (non-hydrogen) atoms. The summed E-state index contributed by atoms with van der Waals surface area (Å²) in [6.45, 7) is 2.18. The quantitative estimate of drug-likeness (QED) is 0.828. The summed E-state index contributed by atoms with van der Waals surface area (Å²) in [6, 6.07) is 6.62. The van der Waals surface area contributed by atoms with E-state index in [0.29, 0.717) is 17.7 Å². The van der Waals surface area contributed by atoms with Gasteiger partial charge in [-0.05, 0) is 36.9 Å². The fraction of sp³-hybridized carbons (Fsp3) is 0.417. The molecule has 0 N–H and O–H groups in total. The van der Waals surface area contributed by atoms with E-state index in [1.54, 1.807) is 31.8 Å². The molecule has 0 amide bonds. The Balaban J connectivity index is 3.09. The van der Waals surface area contributed by atoms with E-state index in [2.05, 4.69) is 0 Å². The van der Waals surface area contributed by atoms with Crippen molar-refractivity contribution in [3.63, 3.8) is 0 Å². The molecule has 0 saturated heterocycles. The molecule has 4 nitrogen and oxygen atoms in total.